The lowest BCUT2D eigenvalue weighted by Crippen LogP contribution is -2.25. The highest BCUT2D eigenvalue weighted by atomic mass is 16.4. The number of carboxylic acids is 1. The number of aliphatic carboxylic acids is 1. The van der Waals surface area contributed by atoms with Crippen LogP contribution in [-0.4, -0.2) is 23.5 Å². The summed E-state index contributed by atoms with van der Waals surface area (Å²) in [5, 5.41) is 8.61. The molecule has 0 aromatic rings. The molecule has 0 fully saturated rings. The van der Waals surface area contributed by atoms with Gasteiger partial charge in [0.25, 0.3) is 0 Å². The average Bonchev–Trinajstić information content (AvgIpc) is 2.25. The van der Waals surface area contributed by atoms with Gasteiger partial charge >= 0.3 is 5.97 Å². The Balaban J connectivity index is 3.55. The standard InChI is InChI=1S/C12H24N2O3/c13-8-6-4-2-1-3-5-7-10(12(14)17)9-11(15)16/h10H,1-9,13H2,(H2,14,17)(H,15,16). The van der Waals surface area contributed by atoms with Crippen LogP contribution in [0.4, 0.5) is 0 Å². The molecule has 0 aliphatic carbocycles. The lowest BCUT2D eigenvalue weighted by molar-refractivity contribution is -0.140. The highest BCUT2D eigenvalue weighted by molar-refractivity contribution is 5.81. The van der Waals surface area contributed by atoms with Crippen molar-refractivity contribution >= 4 is 11.9 Å². The maximum absolute atomic E-state index is 11.0. The molecule has 0 radical (unpaired) electrons. The molecule has 5 N–H and O–H groups in total. The molecule has 5 nitrogen and oxygen atoms in total. The molecule has 100 valence electrons. The summed E-state index contributed by atoms with van der Waals surface area (Å²) in [6.07, 6.45) is 6.78. The van der Waals surface area contributed by atoms with Crippen molar-refractivity contribution in [1.82, 2.24) is 0 Å². The third-order valence-electron chi connectivity index (χ3n) is 2.83. The molecular weight excluding hydrogens is 220 g/mol. The maximum atomic E-state index is 11.0. The van der Waals surface area contributed by atoms with Crippen molar-refractivity contribution in [3.05, 3.63) is 0 Å². The Bertz CT molecular complexity index is 232. The number of nitrogens with two attached hydrogens (primary N) is 2. The van der Waals surface area contributed by atoms with Gasteiger partial charge in [-0.2, -0.15) is 0 Å². The minimum atomic E-state index is -0.961. The van der Waals surface area contributed by atoms with Gasteiger partial charge in [0.15, 0.2) is 0 Å². The fourth-order valence-electron chi connectivity index (χ4n) is 1.80. The van der Waals surface area contributed by atoms with Crippen molar-refractivity contribution in [3.8, 4) is 0 Å². The van der Waals surface area contributed by atoms with Gasteiger partial charge in [0.05, 0.1) is 6.42 Å². The fraction of sp³-hybridized carbons (Fsp3) is 0.833. The molecule has 1 amide bonds. The number of hydrogen-bond donors (Lipinski definition) is 3. The second kappa shape index (κ2) is 10.1. The van der Waals surface area contributed by atoms with Gasteiger partial charge in [0, 0.05) is 5.92 Å². The zero-order chi connectivity index (χ0) is 13.1. The zero-order valence-electron chi connectivity index (χ0n) is 10.4. The van der Waals surface area contributed by atoms with E-state index >= 15 is 0 Å². The number of hydrogen-bond acceptors (Lipinski definition) is 3. The average molecular weight is 244 g/mol. The van der Waals surface area contributed by atoms with Crippen molar-refractivity contribution in [2.75, 3.05) is 6.54 Å². The van der Waals surface area contributed by atoms with Gasteiger partial charge in [0.1, 0.15) is 0 Å². The number of carbonyl (C=O) groups excluding carboxylic acids is 1. The number of rotatable bonds is 11. The molecule has 0 aliphatic rings. The second-order valence-electron chi connectivity index (χ2n) is 4.40. The van der Waals surface area contributed by atoms with E-state index in [0.717, 1.165) is 45.1 Å². The van der Waals surface area contributed by atoms with E-state index in [-0.39, 0.29) is 6.42 Å². The van der Waals surface area contributed by atoms with E-state index in [4.69, 9.17) is 16.6 Å². The molecule has 0 bridgehead atoms. The van der Waals surface area contributed by atoms with E-state index in [2.05, 4.69) is 0 Å². The molecule has 0 saturated heterocycles. The van der Waals surface area contributed by atoms with Crippen molar-refractivity contribution in [3.63, 3.8) is 0 Å². The van der Waals surface area contributed by atoms with Crippen LogP contribution in [-0.2, 0) is 9.59 Å². The third kappa shape index (κ3) is 9.81. The predicted octanol–water partition coefficient (Wildman–Crippen LogP) is 1.25. The molecule has 0 spiro atoms. The van der Waals surface area contributed by atoms with Crippen LogP contribution in [0.5, 0.6) is 0 Å². The van der Waals surface area contributed by atoms with Crippen molar-refractivity contribution in [2.45, 2.75) is 51.4 Å². The lowest BCUT2D eigenvalue weighted by Gasteiger charge is -2.10. The van der Waals surface area contributed by atoms with Crippen LogP contribution in [0.15, 0.2) is 0 Å². The molecule has 0 heterocycles. The number of carbonyl (C=O) groups is 2. The summed E-state index contributed by atoms with van der Waals surface area (Å²) < 4.78 is 0. The summed E-state index contributed by atoms with van der Waals surface area (Å²) in [5.41, 5.74) is 10.5. The van der Waals surface area contributed by atoms with E-state index < -0.39 is 17.8 Å². The van der Waals surface area contributed by atoms with Gasteiger partial charge in [0.2, 0.25) is 5.91 Å². The molecule has 0 aliphatic heterocycles. The maximum Gasteiger partial charge on any atom is 0.304 e. The molecule has 0 aromatic carbocycles. The Morgan fingerprint density at radius 1 is 1.00 bits per heavy atom. The van der Waals surface area contributed by atoms with Crippen LogP contribution in [0.1, 0.15) is 51.4 Å². The number of unbranched alkanes of at least 4 members (excludes halogenated alkanes) is 5. The Hall–Kier alpha value is -1.10. The summed E-state index contributed by atoms with van der Waals surface area (Å²) in [7, 11) is 0. The van der Waals surface area contributed by atoms with Crippen LogP contribution in [0, 0.1) is 5.92 Å². The number of primary amides is 1. The quantitative estimate of drug-likeness (QED) is 0.475. The van der Waals surface area contributed by atoms with Crippen LogP contribution in [0.3, 0.4) is 0 Å². The lowest BCUT2D eigenvalue weighted by atomic mass is 9.96. The molecular formula is C12H24N2O3. The first-order valence-electron chi connectivity index (χ1n) is 6.29. The van der Waals surface area contributed by atoms with Crippen LogP contribution in [0.2, 0.25) is 0 Å². The molecule has 5 heteroatoms. The topological polar surface area (TPSA) is 106 Å². The highest BCUT2D eigenvalue weighted by Crippen LogP contribution is 2.15. The summed E-state index contributed by atoms with van der Waals surface area (Å²) >= 11 is 0. The summed E-state index contributed by atoms with van der Waals surface area (Å²) in [6.45, 7) is 0.738. The SMILES string of the molecule is NCCCCCCCCC(CC(=O)O)C(N)=O. The van der Waals surface area contributed by atoms with Gasteiger partial charge in [-0.25, -0.2) is 0 Å². The first-order chi connectivity index (χ1) is 8.07. The monoisotopic (exact) mass is 244 g/mol. The predicted molar refractivity (Wildman–Crippen MR) is 66.3 cm³/mol. The summed E-state index contributed by atoms with van der Waals surface area (Å²) in [4.78, 5) is 21.5. The molecule has 1 unspecified atom stereocenters. The second-order valence-corrected chi connectivity index (χ2v) is 4.40. The Kier molecular flexibility index (Phi) is 9.43. The smallest absolute Gasteiger partial charge is 0.304 e. The van der Waals surface area contributed by atoms with Gasteiger partial charge < -0.3 is 16.6 Å². The fourth-order valence-corrected chi connectivity index (χ4v) is 1.80. The van der Waals surface area contributed by atoms with E-state index in [1.807, 2.05) is 0 Å². The minimum absolute atomic E-state index is 0.150. The van der Waals surface area contributed by atoms with Crippen LogP contribution >= 0.6 is 0 Å². The zero-order valence-corrected chi connectivity index (χ0v) is 10.4. The van der Waals surface area contributed by atoms with E-state index in [9.17, 15) is 9.59 Å². The minimum Gasteiger partial charge on any atom is -0.481 e. The van der Waals surface area contributed by atoms with E-state index in [1.165, 1.54) is 0 Å². The molecule has 17 heavy (non-hydrogen) atoms. The first kappa shape index (κ1) is 15.9. The largest absolute Gasteiger partial charge is 0.481 e. The highest BCUT2D eigenvalue weighted by Gasteiger charge is 2.18. The summed E-state index contributed by atoms with van der Waals surface area (Å²) in [5.74, 6) is -1.98. The van der Waals surface area contributed by atoms with E-state index in [0.29, 0.717) is 6.42 Å². The number of amides is 1. The van der Waals surface area contributed by atoms with E-state index in [1.54, 1.807) is 0 Å². The molecule has 0 rings (SSSR count). The molecule has 1 atom stereocenters. The first-order valence-corrected chi connectivity index (χ1v) is 6.29. The van der Waals surface area contributed by atoms with Crippen LogP contribution in [0.25, 0.3) is 0 Å². The van der Waals surface area contributed by atoms with Gasteiger partial charge in [-0.1, -0.05) is 32.1 Å². The van der Waals surface area contributed by atoms with Gasteiger partial charge in [-0.15, -0.1) is 0 Å². The Morgan fingerprint density at radius 3 is 2.00 bits per heavy atom. The Morgan fingerprint density at radius 2 is 1.53 bits per heavy atom. The van der Waals surface area contributed by atoms with Crippen molar-refractivity contribution in [1.29, 1.82) is 0 Å². The Labute approximate surface area is 103 Å². The van der Waals surface area contributed by atoms with Gasteiger partial charge in [-0.3, -0.25) is 9.59 Å². The van der Waals surface area contributed by atoms with Crippen molar-refractivity contribution < 1.29 is 14.7 Å². The van der Waals surface area contributed by atoms with Crippen molar-refractivity contribution in [2.24, 2.45) is 17.4 Å². The normalized spacial score (nSPS) is 12.3. The van der Waals surface area contributed by atoms with Gasteiger partial charge in [-0.05, 0) is 19.4 Å². The summed E-state index contributed by atoms with van der Waals surface area (Å²) in [6, 6.07) is 0. The molecule has 0 saturated carbocycles. The van der Waals surface area contributed by atoms with Crippen LogP contribution < -0.4 is 11.5 Å². The number of carboxylic acid groups (broad SMARTS) is 1. The molecule has 0 aromatic heterocycles. The third-order valence-corrected chi connectivity index (χ3v) is 2.83.